The van der Waals surface area contributed by atoms with Gasteiger partial charge in [0.2, 0.25) is 0 Å². The molecule has 3 atom stereocenters. The van der Waals surface area contributed by atoms with Gasteiger partial charge < -0.3 is 20.4 Å². The van der Waals surface area contributed by atoms with Crippen molar-refractivity contribution < 1.29 is 29.4 Å². The normalized spacial score (nSPS) is 25.5. The molecule has 0 bridgehead atoms. The number of aliphatic carboxylic acids is 1. The number of hydrogen-bond acceptors (Lipinski definition) is 7. The van der Waals surface area contributed by atoms with Crippen LogP contribution in [0.5, 0.6) is 0 Å². The first-order valence-electron chi connectivity index (χ1n) is 6.77. The van der Waals surface area contributed by atoms with Gasteiger partial charge in [0.1, 0.15) is 30.3 Å². The molecule has 0 saturated carbocycles. The van der Waals surface area contributed by atoms with E-state index < -0.39 is 35.3 Å². The van der Waals surface area contributed by atoms with Gasteiger partial charge in [0.05, 0.1) is 0 Å². The molecule has 2 amide bonds. The maximum absolute atomic E-state index is 12.2. The third-order valence-corrected chi connectivity index (χ3v) is 4.89. The Labute approximate surface area is 136 Å². The number of carboxylic acids is 1. The Morgan fingerprint density at radius 3 is 2.70 bits per heavy atom. The average molecular weight is 343 g/mol. The molecule has 1 saturated heterocycles. The van der Waals surface area contributed by atoms with E-state index in [1.807, 2.05) is 0 Å². The average Bonchev–Trinajstić information content (AvgIpc) is 2.48. The number of aliphatic hydroxyl groups is 1. The number of β-lactam (4-membered cyclic amide) rings is 1. The number of oxime groups is 1. The fraction of sp³-hybridized carbons (Fsp3) is 0.538. The number of carbonyl (C=O) groups is 3. The van der Waals surface area contributed by atoms with E-state index in [2.05, 4.69) is 15.3 Å². The number of carbonyl (C=O) groups excluding carboxylic acids is 2. The zero-order valence-electron chi connectivity index (χ0n) is 12.8. The second-order valence-corrected chi connectivity index (χ2v) is 6.24. The summed E-state index contributed by atoms with van der Waals surface area (Å²) in [6.07, 6.45) is -1.17. The number of hydrogen-bond donors (Lipinski definition) is 3. The number of nitrogens with one attached hydrogen (secondary N) is 1. The molecule has 0 aromatic heterocycles. The lowest BCUT2D eigenvalue weighted by atomic mass is 10.0. The lowest BCUT2D eigenvalue weighted by Gasteiger charge is -2.49. The van der Waals surface area contributed by atoms with Crippen LogP contribution in [0.15, 0.2) is 16.4 Å². The Balaban J connectivity index is 2.14. The van der Waals surface area contributed by atoms with Gasteiger partial charge in [-0.1, -0.05) is 5.16 Å². The first-order valence-corrected chi connectivity index (χ1v) is 7.82. The molecule has 23 heavy (non-hydrogen) atoms. The van der Waals surface area contributed by atoms with E-state index in [1.165, 1.54) is 30.7 Å². The molecular formula is C13H17N3O6S. The van der Waals surface area contributed by atoms with Crippen molar-refractivity contribution in [2.24, 2.45) is 5.16 Å². The van der Waals surface area contributed by atoms with Crippen molar-refractivity contribution in [3.63, 3.8) is 0 Å². The van der Waals surface area contributed by atoms with Crippen LogP contribution in [0, 0.1) is 0 Å². The van der Waals surface area contributed by atoms with Crippen LogP contribution in [0.4, 0.5) is 0 Å². The van der Waals surface area contributed by atoms with Crippen molar-refractivity contribution >= 4 is 35.3 Å². The summed E-state index contributed by atoms with van der Waals surface area (Å²) in [5, 5.41) is 24.2. The first-order chi connectivity index (χ1) is 10.8. The summed E-state index contributed by atoms with van der Waals surface area (Å²) < 4.78 is 0. The highest BCUT2D eigenvalue weighted by atomic mass is 32.2. The molecule has 10 heteroatoms. The van der Waals surface area contributed by atoms with Gasteiger partial charge in [0, 0.05) is 5.75 Å². The topological polar surface area (TPSA) is 129 Å². The molecule has 2 unspecified atom stereocenters. The molecule has 0 aromatic rings. The SMILES string of the molecule is CON=C(C(=O)NC1C(=O)N2C(C(=O)O)=C(C)CS[C@@H]12)C(C)O. The minimum Gasteiger partial charge on any atom is -0.477 e. The summed E-state index contributed by atoms with van der Waals surface area (Å²) in [6.45, 7) is 3.00. The third kappa shape index (κ3) is 3.04. The van der Waals surface area contributed by atoms with Crippen molar-refractivity contribution in [2.75, 3.05) is 12.9 Å². The highest BCUT2D eigenvalue weighted by Gasteiger charge is 2.54. The van der Waals surface area contributed by atoms with Crippen LogP contribution < -0.4 is 5.32 Å². The number of nitrogens with zero attached hydrogens (tertiary/aromatic N) is 2. The zero-order chi connectivity index (χ0) is 17.3. The van der Waals surface area contributed by atoms with Crippen LogP contribution >= 0.6 is 11.8 Å². The molecule has 0 aliphatic carbocycles. The van der Waals surface area contributed by atoms with E-state index in [9.17, 15) is 24.6 Å². The summed E-state index contributed by atoms with van der Waals surface area (Å²) in [6, 6.07) is -0.865. The van der Waals surface area contributed by atoms with E-state index in [-0.39, 0.29) is 11.4 Å². The van der Waals surface area contributed by atoms with Gasteiger partial charge in [-0.05, 0) is 19.4 Å². The second-order valence-electron chi connectivity index (χ2n) is 5.13. The van der Waals surface area contributed by atoms with Gasteiger partial charge in [-0.2, -0.15) is 0 Å². The minimum atomic E-state index is -1.17. The Morgan fingerprint density at radius 1 is 1.52 bits per heavy atom. The second kappa shape index (κ2) is 6.59. The Bertz CT molecular complexity index is 615. The van der Waals surface area contributed by atoms with E-state index >= 15 is 0 Å². The molecular weight excluding hydrogens is 326 g/mol. The van der Waals surface area contributed by atoms with Gasteiger partial charge in [0.15, 0.2) is 5.71 Å². The Kier molecular flexibility index (Phi) is 4.95. The van der Waals surface area contributed by atoms with E-state index in [0.29, 0.717) is 11.3 Å². The lowest BCUT2D eigenvalue weighted by Crippen LogP contribution is -2.71. The number of amides is 2. The van der Waals surface area contributed by atoms with Gasteiger partial charge >= 0.3 is 5.97 Å². The summed E-state index contributed by atoms with van der Waals surface area (Å²) in [4.78, 5) is 41.3. The highest BCUT2D eigenvalue weighted by Crippen LogP contribution is 2.40. The molecule has 0 aromatic carbocycles. The van der Waals surface area contributed by atoms with E-state index in [1.54, 1.807) is 6.92 Å². The van der Waals surface area contributed by atoms with Crippen molar-refractivity contribution in [1.82, 2.24) is 10.2 Å². The summed E-state index contributed by atoms with van der Waals surface area (Å²) >= 11 is 1.37. The summed E-state index contributed by atoms with van der Waals surface area (Å²) in [7, 11) is 1.23. The van der Waals surface area contributed by atoms with Crippen LogP contribution in [-0.2, 0) is 19.2 Å². The van der Waals surface area contributed by atoms with Crippen LogP contribution in [0.3, 0.4) is 0 Å². The lowest BCUT2D eigenvalue weighted by molar-refractivity contribution is -0.150. The minimum absolute atomic E-state index is 0.0365. The largest absolute Gasteiger partial charge is 0.477 e. The van der Waals surface area contributed by atoms with E-state index in [0.717, 1.165) is 0 Å². The predicted molar refractivity (Wildman–Crippen MR) is 81.5 cm³/mol. The fourth-order valence-electron chi connectivity index (χ4n) is 2.40. The van der Waals surface area contributed by atoms with Gasteiger partial charge in [-0.25, -0.2) is 4.79 Å². The quantitative estimate of drug-likeness (QED) is 0.336. The third-order valence-electron chi connectivity index (χ3n) is 3.47. The number of carboxylic acid groups (broad SMARTS) is 1. The van der Waals surface area contributed by atoms with Gasteiger partial charge in [-0.3, -0.25) is 14.5 Å². The van der Waals surface area contributed by atoms with Crippen molar-refractivity contribution in [1.29, 1.82) is 0 Å². The van der Waals surface area contributed by atoms with Crippen LogP contribution in [-0.4, -0.2) is 69.0 Å². The van der Waals surface area contributed by atoms with Crippen molar-refractivity contribution in [3.05, 3.63) is 11.3 Å². The summed E-state index contributed by atoms with van der Waals surface area (Å²) in [5.41, 5.74) is 0.304. The van der Waals surface area contributed by atoms with Gasteiger partial charge in [0.25, 0.3) is 11.8 Å². The maximum Gasteiger partial charge on any atom is 0.352 e. The van der Waals surface area contributed by atoms with Crippen LogP contribution in [0.1, 0.15) is 13.8 Å². The predicted octanol–water partition coefficient (Wildman–Crippen LogP) is -0.872. The number of fused-ring (bicyclic) bond motifs is 1. The van der Waals surface area contributed by atoms with E-state index in [4.69, 9.17) is 0 Å². The number of rotatable bonds is 5. The zero-order valence-corrected chi connectivity index (χ0v) is 13.6. The van der Waals surface area contributed by atoms with Crippen molar-refractivity contribution in [2.45, 2.75) is 31.4 Å². The maximum atomic E-state index is 12.2. The molecule has 2 heterocycles. The van der Waals surface area contributed by atoms with Crippen molar-refractivity contribution in [3.8, 4) is 0 Å². The number of thioether (sulfide) groups is 1. The molecule has 3 N–H and O–H groups in total. The van der Waals surface area contributed by atoms with Crippen LogP contribution in [0.25, 0.3) is 0 Å². The molecule has 1 fully saturated rings. The Hall–Kier alpha value is -2.07. The first kappa shape index (κ1) is 17.3. The summed E-state index contributed by atoms with van der Waals surface area (Å²) in [5.74, 6) is -1.95. The monoisotopic (exact) mass is 343 g/mol. The molecule has 2 rings (SSSR count). The standard InChI is InChI=1S/C13H17N3O6S/c1-5-4-23-12-8(11(19)16(12)9(5)13(20)21)14-10(18)7(6(2)17)15-22-3/h6,8,12,17H,4H2,1-3H3,(H,14,18)(H,20,21)/t6?,8?,12-/m0/s1. The molecule has 0 radical (unpaired) electrons. The highest BCUT2D eigenvalue weighted by molar-refractivity contribution is 8.00. The molecule has 2 aliphatic rings. The molecule has 126 valence electrons. The molecule has 0 spiro atoms. The van der Waals surface area contributed by atoms with Crippen LogP contribution in [0.2, 0.25) is 0 Å². The fourth-order valence-corrected chi connectivity index (χ4v) is 3.69. The molecule has 9 nitrogen and oxygen atoms in total. The molecule has 2 aliphatic heterocycles. The van der Waals surface area contributed by atoms with Gasteiger partial charge in [-0.15, -0.1) is 11.8 Å². The smallest absolute Gasteiger partial charge is 0.352 e. The Morgan fingerprint density at radius 2 is 2.17 bits per heavy atom. The number of aliphatic hydroxyl groups excluding tert-OH is 1.